The maximum atomic E-state index is 11.1. The number of carbonyl (C=O) groups is 3. The molecule has 0 aromatic heterocycles. The molecule has 0 bridgehead atoms. The molecule has 0 saturated heterocycles. The van der Waals surface area contributed by atoms with Crippen LogP contribution in [0.1, 0.15) is 48.0 Å². The van der Waals surface area contributed by atoms with E-state index in [4.69, 9.17) is 19.3 Å². The molecule has 28 heavy (non-hydrogen) atoms. The molecule has 0 amide bonds. The standard InChI is InChI=1S/C12H18O4.C9H16O3/c1-8(2)11(13)15-7-6-10(5)16-12(14)9(3)4;1-7(2)8(11)12-6-9(3,4)5-10/h10H,1,3,6-7H2,2,4-5H3;10H,1,5-6H2,2-4H3. The molecule has 1 N–H and O–H groups in total. The van der Waals surface area contributed by atoms with Gasteiger partial charge in [-0.05, 0) is 27.7 Å². The smallest absolute Gasteiger partial charge is 0.333 e. The molecule has 1 unspecified atom stereocenters. The van der Waals surface area contributed by atoms with E-state index in [1.54, 1.807) is 27.7 Å². The van der Waals surface area contributed by atoms with Crippen molar-refractivity contribution in [1.29, 1.82) is 0 Å². The van der Waals surface area contributed by atoms with Gasteiger partial charge in [0.1, 0.15) is 6.10 Å². The molecule has 0 fully saturated rings. The summed E-state index contributed by atoms with van der Waals surface area (Å²) in [6, 6.07) is 0. The maximum Gasteiger partial charge on any atom is 0.333 e. The van der Waals surface area contributed by atoms with Crippen LogP contribution in [0.3, 0.4) is 0 Å². The lowest BCUT2D eigenvalue weighted by molar-refractivity contribution is -0.146. The Morgan fingerprint density at radius 3 is 1.71 bits per heavy atom. The molecule has 7 heteroatoms. The number of esters is 3. The van der Waals surface area contributed by atoms with Crippen LogP contribution < -0.4 is 0 Å². The van der Waals surface area contributed by atoms with Crippen molar-refractivity contribution in [3.05, 3.63) is 36.5 Å². The molecule has 1 atom stereocenters. The molecule has 0 aliphatic heterocycles. The Labute approximate surface area is 168 Å². The molecule has 0 rings (SSSR count). The maximum absolute atomic E-state index is 11.1. The van der Waals surface area contributed by atoms with Crippen molar-refractivity contribution in [1.82, 2.24) is 0 Å². The molecule has 160 valence electrons. The first kappa shape index (κ1) is 27.8. The zero-order valence-corrected chi connectivity index (χ0v) is 17.9. The zero-order valence-electron chi connectivity index (χ0n) is 17.9. The minimum absolute atomic E-state index is 0.00350. The Balaban J connectivity index is 0. The highest BCUT2D eigenvalue weighted by atomic mass is 16.6. The Hall–Kier alpha value is -2.41. The van der Waals surface area contributed by atoms with E-state index in [0.717, 1.165) is 0 Å². The van der Waals surface area contributed by atoms with Gasteiger partial charge in [0.05, 0.1) is 19.8 Å². The molecule has 0 heterocycles. The van der Waals surface area contributed by atoms with E-state index in [0.29, 0.717) is 23.1 Å². The van der Waals surface area contributed by atoms with Crippen molar-refractivity contribution in [3.63, 3.8) is 0 Å². The summed E-state index contributed by atoms with van der Waals surface area (Å²) in [7, 11) is 0. The van der Waals surface area contributed by atoms with E-state index >= 15 is 0 Å². The normalized spacial score (nSPS) is 11.2. The van der Waals surface area contributed by atoms with Gasteiger partial charge in [-0.3, -0.25) is 0 Å². The summed E-state index contributed by atoms with van der Waals surface area (Å²) >= 11 is 0. The van der Waals surface area contributed by atoms with Gasteiger partial charge in [0, 0.05) is 28.6 Å². The fourth-order valence-electron chi connectivity index (χ4n) is 1.21. The highest BCUT2D eigenvalue weighted by Gasteiger charge is 2.19. The van der Waals surface area contributed by atoms with Crippen LogP contribution in [0.25, 0.3) is 0 Å². The second-order valence-electron chi connectivity index (χ2n) is 7.38. The van der Waals surface area contributed by atoms with Gasteiger partial charge >= 0.3 is 17.9 Å². The van der Waals surface area contributed by atoms with Crippen LogP contribution in [-0.2, 0) is 28.6 Å². The van der Waals surface area contributed by atoms with Gasteiger partial charge in [-0.2, -0.15) is 0 Å². The quantitative estimate of drug-likeness (QED) is 0.343. The fraction of sp³-hybridized carbons (Fsp3) is 0.571. The van der Waals surface area contributed by atoms with Crippen molar-refractivity contribution < 1.29 is 33.7 Å². The minimum atomic E-state index is -0.432. The van der Waals surface area contributed by atoms with Crippen LogP contribution in [0.15, 0.2) is 36.5 Å². The molecule has 0 aliphatic carbocycles. The van der Waals surface area contributed by atoms with Gasteiger partial charge in [0.25, 0.3) is 0 Å². The van der Waals surface area contributed by atoms with E-state index < -0.39 is 17.9 Å². The number of rotatable bonds is 10. The average Bonchev–Trinajstić information content (AvgIpc) is 2.59. The first-order valence-electron chi connectivity index (χ1n) is 8.86. The molecule has 0 aromatic rings. The van der Waals surface area contributed by atoms with Crippen LogP contribution in [0.2, 0.25) is 0 Å². The van der Waals surface area contributed by atoms with Gasteiger partial charge in [-0.1, -0.05) is 33.6 Å². The average molecular weight is 398 g/mol. The molecule has 7 nitrogen and oxygen atoms in total. The Morgan fingerprint density at radius 1 is 0.893 bits per heavy atom. The molecular weight excluding hydrogens is 364 g/mol. The van der Waals surface area contributed by atoms with Gasteiger partial charge in [-0.25, -0.2) is 14.4 Å². The van der Waals surface area contributed by atoms with Crippen molar-refractivity contribution >= 4 is 17.9 Å². The zero-order chi connectivity index (χ0) is 22.5. The summed E-state index contributed by atoms with van der Waals surface area (Å²) in [5, 5.41) is 8.83. The lowest BCUT2D eigenvalue weighted by Crippen LogP contribution is -2.25. The van der Waals surface area contributed by atoms with Crippen LogP contribution in [0.4, 0.5) is 0 Å². The van der Waals surface area contributed by atoms with E-state index in [9.17, 15) is 14.4 Å². The first-order chi connectivity index (χ1) is 12.7. The Morgan fingerprint density at radius 2 is 1.32 bits per heavy atom. The monoisotopic (exact) mass is 398 g/mol. The van der Waals surface area contributed by atoms with Gasteiger partial charge < -0.3 is 19.3 Å². The second-order valence-corrected chi connectivity index (χ2v) is 7.38. The third kappa shape index (κ3) is 14.7. The summed E-state index contributed by atoms with van der Waals surface area (Å²) in [6.45, 7) is 20.9. The lowest BCUT2D eigenvalue weighted by Gasteiger charge is -2.20. The van der Waals surface area contributed by atoms with Crippen LogP contribution in [-0.4, -0.2) is 48.9 Å². The van der Waals surface area contributed by atoms with Gasteiger partial charge in [0.2, 0.25) is 0 Å². The lowest BCUT2D eigenvalue weighted by atomic mass is 9.97. The SMILES string of the molecule is C=C(C)C(=O)OCC(C)(C)CO.C=C(C)C(=O)OCCC(C)OC(=O)C(=C)C. The molecule has 0 radical (unpaired) electrons. The molecule has 0 saturated carbocycles. The number of aliphatic hydroxyl groups excluding tert-OH is 1. The topological polar surface area (TPSA) is 99.1 Å². The van der Waals surface area contributed by atoms with E-state index in [1.807, 2.05) is 13.8 Å². The second kappa shape index (κ2) is 13.7. The van der Waals surface area contributed by atoms with Crippen molar-refractivity contribution in [2.24, 2.45) is 5.41 Å². The first-order valence-corrected chi connectivity index (χ1v) is 8.86. The van der Waals surface area contributed by atoms with Crippen LogP contribution in [0.5, 0.6) is 0 Å². The summed E-state index contributed by atoms with van der Waals surface area (Å²) in [6.07, 6.45) is 0.153. The van der Waals surface area contributed by atoms with Crippen molar-refractivity contribution in [3.8, 4) is 0 Å². The minimum Gasteiger partial charge on any atom is -0.462 e. The number of aliphatic hydroxyl groups is 1. The predicted molar refractivity (Wildman–Crippen MR) is 107 cm³/mol. The Bertz CT molecular complexity index is 588. The fourth-order valence-corrected chi connectivity index (χ4v) is 1.21. The third-order valence-corrected chi connectivity index (χ3v) is 3.13. The van der Waals surface area contributed by atoms with Crippen LogP contribution in [0, 0.1) is 5.41 Å². The number of hydrogen-bond acceptors (Lipinski definition) is 7. The molecular formula is C21H34O7. The molecule has 0 spiro atoms. The summed E-state index contributed by atoms with van der Waals surface area (Å²) in [4.78, 5) is 33.0. The predicted octanol–water partition coefficient (Wildman–Crippen LogP) is 3.13. The summed E-state index contributed by atoms with van der Waals surface area (Å²) in [5.41, 5.74) is 0.714. The van der Waals surface area contributed by atoms with Crippen LogP contribution >= 0.6 is 0 Å². The molecule has 0 aliphatic rings. The highest BCUT2D eigenvalue weighted by Crippen LogP contribution is 2.14. The third-order valence-electron chi connectivity index (χ3n) is 3.13. The van der Waals surface area contributed by atoms with Gasteiger partial charge in [0.15, 0.2) is 0 Å². The number of hydrogen-bond donors (Lipinski definition) is 1. The van der Waals surface area contributed by atoms with E-state index in [-0.39, 0.29) is 31.3 Å². The Kier molecular flexibility index (Phi) is 13.6. The van der Waals surface area contributed by atoms with E-state index in [2.05, 4.69) is 19.7 Å². The number of carbonyl (C=O) groups excluding carboxylic acids is 3. The highest BCUT2D eigenvalue weighted by molar-refractivity contribution is 5.87. The summed E-state index contributed by atoms with van der Waals surface area (Å²) < 4.78 is 14.7. The van der Waals surface area contributed by atoms with Crippen molar-refractivity contribution in [2.45, 2.75) is 54.1 Å². The molecule has 0 aromatic carbocycles. The number of ether oxygens (including phenoxy) is 3. The van der Waals surface area contributed by atoms with Gasteiger partial charge in [-0.15, -0.1) is 0 Å². The van der Waals surface area contributed by atoms with Crippen molar-refractivity contribution in [2.75, 3.05) is 19.8 Å². The largest absolute Gasteiger partial charge is 0.462 e. The van der Waals surface area contributed by atoms with E-state index in [1.165, 1.54) is 0 Å². The summed E-state index contributed by atoms with van der Waals surface area (Å²) in [5.74, 6) is -1.27.